The molecule has 1 unspecified atom stereocenters. The lowest BCUT2D eigenvalue weighted by atomic mass is 9.84. The number of aromatic hydroxyl groups is 1. The van der Waals surface area contributed by atoms with Gasteiger partial charge in [-0.05, 0) is 34.8 Å². The summed E-state index contributed by atoms with van der Waals surface area (Å²) < 4.78 is 0. The quantitative estimate of drug-likeness (QED) is 0.765. The van der Waals surface area contributed by atoms with Gasteiger partial charge in [0.2, 0.25) is 0 Å². The third-order valence-electron chi connectivity index (χ3n) is 2.54. The van der Waals surface area contributed by atoms with Crippen molar-refractivity contribution in [3.05, 3.63) is 23.3 Å². The van der Waals surface area contributed by atoms with Gasteiger partial charge in [0.05, 0.1) is 0 Å². The Labute approximate surface area is 95.1 Å². The Hall–Kier alpha value is -0.550. The Kier molecular flexibility index (Phi) is 3.78. The summed E-state index contributed by atoms with van der Waals surface area (Å²) in [5, 5.41) is 11.3. The molecule has 0 saturated carbocycles. The molecule has 1 N–H and O–H groups in total. The zero-order valence-electron chi connectivity index (χ0n) is 10.1. The van der Waals surface area contributed by atoms with Crippen molar-refractivity contribution in [1.29, 1.82) is 0 Å². The van der Waals surface area contributed by atoms with Crippen molar-refractivity contribution < 1.29 is 5.11 Å². The predicted molar refractivity (Wildman–Crippen MR) is 70.1 cm³/mol. The molecule has 0 aliphatic rings. The largest absolute Gasteiger partial charge is 0.507 e. The van der Waals surface area contributed by atoms with Crippen LogP contribution in [0.2, 0.25) is 0 Å². The third kappa shape index (κ3) is 2.95. The van der Waals surface area contributed by atoms with Gasteiger partial charge in [0.25, 0.3) is 0 Å². The van der Waals surface area contributed by atoms with Crippen LogP contribution in [0.4, 0.5) is 0 Å². The number of phenols is 1. The third-order valence-corrected chi connectivity index (χ3v) is 2.87. The molecule has 0 aliphatic heterocycles. The first-order chi connectivity index (χ1) is 6.86. The summed E-state index contributed by atoms with van der Waals surface area (Å²) >= 11 is 0. The summed E-state index contributed by atoms with van der Waals surface area (Å²) in [6.45, 7) is 8.51. The Morgan fingerprint density at radius 2 is 1.87 bits per heavy atom. The summed E-state index contributed by atoms with van der Waals surface area (Å²) in [6.07, 6.45) is 2.00. The van der Waals surface area contributed by atoms with E-state index in [0.29, 0.717) is 5.75 Å². The molecule has 1 rings (SSSR count). The monoisotopic (exact) mass is 224 g/mol. The molecule has 1 nitrogen and oxygen atoms in total. The first-order valence-corrected chi connectivity index (χ1v) is 6.05. The highest BCUT2D eigenvalue weighted by molar-refractivity contribution is 7.27. The molecule has 0 aliphatic carbocycles. The van der Waals surface area contributed by atoms with Crippen LogP contribution in [0.5, 0.6) is 5.75 Å². The zero-order valence-corrected chi connectivity index (χ0v) is 11.2. The number of rotatable bonds is 2. The van der Waals surface area contributed by atoms with Crippen LogP contribution in [0, 0.1) is 0 Å². The van der Waals surface area contributed by atoms with E-state index in [0.717, 1.165) is 29.3 Å². The molecule has 1 aromatic rings. The first kappa shape index (κ1) is 12.5. The highest BCUT2D eigenvalue weighted by Crippen LogP contribution is 2.33. The minimum absolute atomic E-state index is 0.000839. The minimum Gasteiger partial charge on any atom is -0.507 e. The van der Waals surface area contributed by atoms with E-state index in [1.165, 1.54) is 0 Å². The van der Waals surface area contributed by atoms with Gasteiger partial charge in [-0.25, -0.2) is 0 Å². The number of hydrogen-bond donors (Lipinski definition) is 1. The standard InChI is InChI=1S/C13H21OP/c1-5-6-9-7-10(15)8-11(12(9)14)13(2,3)4/h7-8,14H,5-6,15H2,1-4H3. The van der Waals surface area contributed by atoms with Crippen molar-refractivity contribution in [1.82, 2.24) is 0 Å². The Morgan fingerprint density at radius 1 is 1.27 bits per heavy atom. The Morgan fingerprint density at radius 3 is 2.33 bits per heavy atom. The van der Waals surface area contributed by atoms with Crippen molar-refractivity contribution >= 4 is 14.5 Å². The summed E-state index contributed by atoms with van der Waals surface area (Å²) in [5.41, 5.74) is 2.10. The predicted octanol–water partition coefficient (Wildman–Crippen LogP) is 3.14. The maximum Gasteiger partial charge on any atom is 0.122 e. The minimum atomic E-state index is -0.000839. The molecule has 1 aromatic carbocycles. The van der Waals surface area contributed by atoms with E-state index in [4.69, 9.17) is 0 Å². The second kappa shape index (κ2) is 4.53. The van der Waals surface area contributed by atoms with Crippen LogP contribution in [0.25, 0.3) is 0 Å². The van der Waals surface area contributed by atoms with Crippen LogP contribution in [0.3, 0.4) is 0 Å². The number of benzene rings is 1. The Bertz CT molecular complexity index is 350. The average Bonchev–Trinajstić information content (AvgIpc) is 2.09. The van der Waals surface area contributed by atoms with Gasteiger partial charge in [-0.15, -0.1) is 9.24 Å². The molecular formula is C13H21OP. The molecule has 0 saturated heterocycles. The molecule has 0 radical (unpaired) electrons. The molecule has 0 amide bonds. The molecule has 2 heteroatoms. The lowest BCUT2D eigenvalue weighted by molar-refractivity contribution is 0.440. The fourth-order valence-electron chi connectivity index (χ4n) is 1.75. The highest BCUT2D eigenvalue weighted by atomic mass is 31.0. The van der Waals surface area contributed by atoms with Gasteiger partial charge in [0.1, 0.15) is 5.75 Å². The maximum atomic E-state index is 10.2. The van der Waals surface area contributed by atoms with E-state index in [1.54, 1.807) is 0 Å². The molecule has 84 valence electrons. The van der Waals surface area contributed by atoms with Crippen molar-refractivity contribution in [2.45, 2.75) is 46.0 Å². The van der Waals surface area contributed by atoms with Gasteiger partial charge in [0.15, 0.2) is 0 Å². The van der Waals surface area contributed by atoms with Gasteiger partial charge in [-0.1, -0.05) is 34.1 Å². The number of phenolic OH excluding ortho intramolecular Hbond substituents is 1. The summed E-state index contributed by atoms with van der Waals surface area (Å²) in [5.74, 6) is 0.482. The molecule has 0 bridgehead atoms. The van der Waals surface area contributed by atoms with Gasteiger partial charge >= 0.3 is 0 Å². The van der Waals surface area contributed by atoms with E-state index < -0.39 is 0 Å². The average molecular weight is 224 g/mol. The van der Waals surface area contributed by atoms with Crippen LogP contribution >= 0.6 is 9.24 Å². The fraction of sp³-hybridized carbons (Fsp3) is 0.538. The van der Waals surface area contributed by atoms with Crippen LogP contribution in [0.15, 0.2) is 12.1 Å². The van der Waals surface area contributed by atoms with Crippen molar-refractivity contribution in [3.63, 3.8) is 0 Å². The van der Waals surface area contributed by atoms with Crippen LogP contribution in [-0.4, -0.2) is 5.11 Å². The van der Waals surface area contributed by atoms with Gasteiger partial charge in [-0.3, -0.25) is 0 Å². The maximum absolute atomic E-state index is 10.2. The van der Waals surface area contributed by atoms with Crippen molar-refractivity contribution in [2.75, 3.05) is 0 Å². The van der Waals surface area contributed by atoms with Crippen LogP contribution < -0.4 is 5.30 Å². The molecule has 15 heavy (non-hydrogen) atoms. The number of hydrogen-bond acceptors (Lipinski definition) is 1. The van der Waals surface area contributed by atoms with E-state index in [1.807, 2.05) is 0 Å². The van der Waals surface area contributed by atoms with E-state index >= 15 is 0 Å². The molecule has 0 aromatic heterocycles. The molecule has 0 fully saturated rings. The molecule has 0 spiro atoms. The van der Waals surface area contributed by atoms with E-state index in [9.17, 15) is 5.11 Å². The lowest BCUT2D eigenvalue weighted by Crippen LogP contribution is -2.14. The molecule has 0 heterocycles. The second-order valence-electron chi connectivity index (χ2n) is 5.08. The SMILES string of the molecule is CCCc1cc(P)cc(C(C)(C)C)c1O. The van der Waals surface area contributed by atoms with Gasteiger partial charge < -0.3 is 5.11 Å². The lowest BCUT2D eigenvalue weighted by Gasteiger charge is -2.22. The summed E-state index contributed by atoms with van der Waals surface area (Å²) in [4.78, 5) is 0. The summed E-state index contributed by atoms with van der Waals surface area (Å²) in [7, 11) is 2.72. The first-order valence-electron chi connectivity index (χ1n) is 5.48. The summed E-state index contributed by atoms with van der Waals surface area (Å²) in [6, 6.07) is 4.11. The zero-order chi connectivity index (χ0) is 11.6. The molecule has 1 atom stereocenters. The Balaban J connectivity index is 3.28. The van der Waals surface area contributed by atoms with Crippen molar-refractivity contribution in [2.24, 2.45) is 0 Å². The second-order valence-corrected chi connectivity index (χ2v) is 5.74. The van der Waals surface area contributed by atoms with Crippen LogP contribution in [0.1, 0.15) is 45.2 Å². The highest BCUT2D eigenvalue weighted by Gasteiger charge is 2.20. The number of aryl methyl sites for hydroxylation is 1. The smallest absolute Gasteiger partial charge is 0.122 e. The van der Waals surface area contributed by atoms with E-state index in [2.05, 4.69) is 49.1 Å². The van der Waals surface area contributed by atoms with Crippen LogP contribution in [-0.2, 0) is 11.8 Å². The molecular weight excluding hydrogens is 203 g/mol. The van der Waals surface area contributed by atoms with Crippen molar-refractivity contribution in [3.8, 4) is 5.75 Å². The fourth-order valence-corrected chi connectivity index (χ4v) is 2.12. The van der Waals surface area contributed by atoms with Gasteiger partial charge in [-0.2, -0.15) is 0 Å². The topological polar surface area (TPSA) is 20.2 Å². The van der Waals surface area contributed by atoms with Gasteiger partial charge in [0, 0.05) is 5.56 Å². The van der Waals surface area contributed by atoms with E-state index in [-0.39, 0.29) is 5.41 Å². The normalized spacial score (nSPS) is 11.8.